The van der Waals surface area contributed by atoms with Crippen LogP contribution in [-0.4, -0.2) is 25.8 Å². The van der Waals surface area contributed by atoms with Gasteiger partial charge >= 0.3 is 0 Å². The average molecular weight is 362 g/mol. The number of amides is 1. The van der Waals surface area contributed by atoms with Gasteiger partial charge in [0.25, 0.3) is 5.91 Å². The number of anilines is 1. The lowest BCUT2D eigenvalue weighted by Gasteiger charge is -2.06. The molecule has 0 saturated carbocycles. The highest BCUT2D eigenvalue weighted by atomic mass is 79.9. The number of nitrogens with one attached hydrogen (secondary N) is 2. The van der Waals surface area contributed by atoms with Crippen LogP contribution in [0.3, 0.4) is 0 Å². The predicted molar refractivity (Wildman–Crippen MR) is 91.4 cm³/mol. The van der Waals surface area contributed by atoms with Crippen LogP contribution in [0.2, 0.25) is 0 Å². The van der Waals surface area contributed by atoms with E-state index in [1.54, 1.807) is 13.3 Å². The Kier molecular flexibility index (Phi) is 5.97. The second-order valence-electron chi connectivity index (χ2n) is 4.40. The van der Waals surface area contributed by atoms with Crippen LogP contribution in [0.1, 0.15) is 5.56 Å². The molecule has 2 rings (SSSR count). The van der Waals surface area contributed by atoms with Crippen molar-refractivity contribution < 1.29 is 9.53 Å². The SMILES string of the molecule is COc1ccc(NCC(=O)N/N=C\c2ccccc2Br)cc1. The van der Waals surface area contributed by atoms with E-state index >= 15 is 0 Å². The van der Waals surface area contributed by atoms with Gasteiger partial charge in [-0.15, -0.1) is 0 Å². The fraction of sp³-hybridized carbons (Fsp3) is 0.125. The van der Waals surface area contributed by atoms with Gasteiger partial charge in [0.2, 0.25) is 0 Å². The van der Waals surface area contributed by atoms with Crippen molar-refractivity contribution in [3.8, 4) is 5.75 Å². The van der Waals surface area contributed by atoms with Crippen LogP contribution in [0.4, 0.5) is 5.69 Å². The largest absolute Gasteiger partial charge is 0.497 e. The number of ether oxygens (including phenoxy) is 1. The fourth-order valence-electron chi connectivity index (χ4n) is 1.68. The van der Waals surface area contributed by atoms with Crippen molar-refractivity contribution in [3.05, 3.63) is 58.6 Å². The molecule has 2 aromatic rings. The summed E-state index contributed by atoms with van der Waals surface area (Å²) < 4.78 is 5.99. The van der Waals surface area contributed by atoms with Gasteiger partial charge in [0.05, 0.1) is 19.9 Å². The molecule has 22 heavy (non-hydrogen) atoms. The monoisotopic (exact) mass is 361 g/mol. The van der Waals surface area contributed by atoms with E-state index in [9.17, 15) is 4.79 Å². The zero-order valence-electron chi connectivity index (χ0n) is 12.0. The predicted octanol–water partition coefficient (Wildman–Crippen LogP) is 3.02. The molecule has 2 aromatic carbocycles. The second-order valence-corrected chi connectivity index (χ2v) is 5.25. The van der Waals surface area contributed by atoms with Gasteiger partial charge in [-0.05, 0) is 30.3 Å². The Hall–Kier alpha value is -2.34. The first-order valence-corrected chi connectivity index (χ1v) is 7.42. The molecule has 0 spiro atoms. The Balaban J connectivity index is 1.79. The average Bonchev–Trinajstić information content (AvgIpc) is 2.55. The number of benzene rings is 2. The van der Waals surface area contributed by atoms with E-state index in [2.05, 4.69) is 31.8 Å². The van der Waals surface area contributed by atoms with Crippen molar-refractivity contribution in [1.82, 2.24) is 5.43 Å². The number of nitrogens with zero attached hydrogens (tertiary/aromatic N) is 1. The zero-order valence-corrected chi connectivity index (χ0v) is 13.6. The first kappa shape index (κ1) is 16.0. The third kappa shape index (κ3) is 4.89. The molecule has 6 heteroatoms. The van der Waals surface area contributed by atoms with Gasteiger partial charge in [-0.2, -0.15) is 5.10 Å². The summed E-state index contributed by atoms with van der Waals surface area (Å²) in [6.45, 7) is 0.139. The molecule has 0 aliphatic carbocycles. The lowest BCUT2D eigenvalue weighted by molar-refractivity contribution is -0.119. The standard InChI is InChI=1S/C16H16BrN3O2/c1-22-14-8-6-13(7-9-14)18-11-16(21)20-19-10-12-4-2-3-5-15(12)17/h2-10,18H,11H2,1H3,(H,20,21)/b19-10-. The molecule has 0 aliphatic heterocycles. The maximum absolute atomic E-state index is 11.7. The maximum atomic E-state index is 11.7. The minimum Gasteiger partial charge on any atom is -0.497 e. The number of halogens is 1. The maximum Gasteiger partial charge on any atom is 0.259 e. The molecule has 0 saturated heterocycles. The van der Waals surface area contributed by atoms with Gasteiger partial charge in [0, 0.05) is 15.7 Å². The number of hydrazone groups is 1. The molecule has 0 heterocycles. The molecule has 2 N–H and O–H groups in total. The number of hydrogen-bond donors (Lipinski definition) is 2. The minimum atomic E-state index is -0.223. The highest BCUT2D eigenvalue weighted by molar-refractivity contribution is 9.10. The molecule has 0 aliphatic rings. The molecule has 0 aromatic heterocycles. The second kappa shape index (κ2) is 8.19. The lowest BCUT2D eigenvalue weighted by Crippen LogP contribution is -2.25. The third-order valence-corrected chi connectivity index (χ3v) is 3.56. The summed E-state index contributed by atoms with van der Waals surface area (Å²) in [5, 5.41) is 6.93. The molecule has 5 nitrogen and oxygen atoms in total. The smallest absolute Gasteiger partial charge is 0.259 e. The summed E-state index contributed by atoms with van der Waals surface area (Å²) in [5.74, 6) is 0.548. The van der Waals surface area contributed by atoms with Crippen LogP contribution in [0, 0.1) is 0 Å². The summed E-state index contributed by atoms with van der Waals surface area (Å²) >= 11 is 3.41. The van der Waals surface area contributed by atoms with Gasteiger partial charge in [-0.3, -0.25) is 4.79 Å². The number of carbonyl (C=O) groups excluding carboxylic acids is 1. The van der Waals surface area contributed by atoms with Crippen LogP contribution in [-0.2, 0) is 4.79 Å². The molecular formula is C16H16BrN3O2. The van der Waals surface area contributed by atoms with E-state index < -0.39 is 0 Å². The fourth-order valence-corrected chi connectivity index (χ4v) is 2.07. The number of carbonyl (C=O) groups is 1. The Bertz CT molecular complexity index is 657. The number of hydrogen-bond acceptors (Lipinski definition) is 4. The molecule has 114 valence electrons. The molecule has 0 radical (unpaired) electrons. The summed E-state index contributed by atoms with van der Waals surface area (Å²) in [6.07, 6.45) is 1.59. The highest BCUT2D eigenvalue weighted by Gasteiger charge is 2.00. The first-order valence-electron chi connectivity index (χ1n) is 6.63. The summed E-state index contributed by atoms with van der Waals surface area (Å²) in [5.41, 5.74) is 4.21. The van der Waals surface area contributed by atoms with Crippen LogP contribution in [0.15, 0.2) is 58.1 Å². The van der Waals surface area contributed by atoms with Crippen LogP contribution < -0.4 is 15.5 Å². The summed E-state index contributed by atoms with van der Waals surface area (Å²) in [7, 11) is 1.61. The van der Waals surface area contributed by atoms with Crippen molar-refractivity contribution in [2.75, 3.05) is 19.0 Å². The first-order chi connectivity index (χ1) is 10.7. The third-order valence-electron chi connectivity index (χ3n) is 2.84. The molecule has 0 bridgehead atoms. The molecule has 0 atom stereocenters. The molecule has 1 amide bonds. The highest BCUT2D eigenvalue weighted by Crippen LogP contribution is 2.14. The molecular weight excluding hydrogens is 346 g/mol. The van der Waals surface area contributed by atoms with Gasteiger partial charge in [0.1, 0.15) is 5.75 Å². The number of methoxy groups -OCH3 is 1. The Labute approximate surface area is 137 Å². The van der Waals surface area contributed by atoms with Crippen molar-refractivity contribution in [1.29, 1.82) is 0 Å². The van der Waals surface area contributed by atoms with Gasteiger partial charge in [0.15, 0.2) is 0 Å². The van der Waals surface area contributed by atoms with Gasteiger partial charge < -0.3 is 10.1 Å². The Morgan fingerprint density at radius 3 is 2.64 bits per heavy atom. The van der Waals surface area contributed by atoms with Gasteiger partial charge in [-0.25, -0.2) is 5.43 Å². The van der Waals surface area contributed by atoms with Crippen molar-refractivity contribution in [2.45, 2.75) is 0 Å². The Morgan fingerprint density at radius 2 is 1.95 bits per heavy atom. The lowest BCUT2D eigenvalue weighted by atomic mass is 10.2. The topological polar surface area (TPSA) is 62.7 Å². The Morgan fingerprint density at radius 1 is 1.23 bits per heavy atom. The van der Waals surface area contributed by atoms with E-state index in [0.717, 1.165) is 21.5 Å². The zero-order chi connectivity index (χ0) is 15.8. The van der Waals surface area contributed by atoms with Crippen molar-refractivity contribution in [2.24, 2.45) is 5.10 Å². The van der Waals surface area contributed by atoms with Crippen molar-refractivity contribution in [3.63, 3.8) is 0 Å². The van der Waals surface area contributed by atoms with E-state index in [1.165, 1.54) is 0 Å². The van der Waals surface area contributed by atoms with E-state index in [1.807, 2.05) is 48.5 Å². The summed E-state index contributed by atoms with van der Waals surface area (Å²) in [6, 6.07) is 15.0. The molecule has 0 unspecified atom stereocenters. The van der Waals surface area contributed by atoms with Crippen LogP contribution in [0.25, 0.3) is 0 Å². The van der Waals surface area contributed by atoms with Crippen molar-refractivity contribution >= 4 is 33.7 Å². The quantitative estimate of drug-likeness (QED) is 0.613. The summed E-state index contributed by atoms with van der Waals surface area (Å²) in [4.78, 5) is 11.7. The van der Waals surface area contributed by atoms with E-state index in [4.69, 9.17) is 4.74 Å². The van der Waals surface area contributed by atoms with E-state index in [0.29, 0.717) is 0 Å². The minimum absolute atomic E-state index is 0.139. The number of rotatable bonds is 6. The van der Waals surface area contributed by atoms with Crippen LogP contribution in [0.5, 0.6) is 5.75 Å². The molecule has 0 fully saturated rings. The van der Waals surface area contributed by atoms with Gasteiger partial charge in [-0.1, -0.05) is 34.1 Å². The van der Waals surface area contributed by atoms with E-state index in [-0.39, 0.29) is 12.5 Å². The van der Waals surface area contributed by atoms with Crippen LogP contribution >= 0.6 is 15.9 Å². The normalized spacial score (nSPS) is 10.5.